The molecular weight excluding hydrogens is 234 g/mol. The Kier molecular flexibility index (Phi) is 4.67. The van der Waals surface area contributed by atoms with Crippen LogP contribution in [0.25, 0.3) is 0 Å². The average molecular weight is 251 g/mol. The number of nitrogens with two attached hydrogens (primary N) is 1. The Bertz CT molecular complexity index is 442. The fourth-order valence-electron chi connectivity index (χ4n) is 1.54. The summed E-state index contributed by atoms with van der Waals surface area (Å²) in [6.45, 7) is 3.46. The standard InChI is InChI=1S/C12H17N3O3/c1-7(14-8(2)12(16)17)9-3-5-10(6-4-9)11(13)15-18/h3-8,14,18H,1-2H3,(H2,13,15)(H,16,17)/t7-,8-/m0/s1. The third-order valence-corrected chi connectivity index (χ3v) is 2.68. The van der Waals surface area contributed by atoms with Crippen molar-refractivity contribution >= 4 is 11.8 Å². The minimum atomic E-state index is -0.893. The second-order valence-corrected chi connectivity index (χ2v) is 4.06. The molecule has 0 saturated carbocycles. The molecule has 0 heterocycles. The van der Waals surface area contributed by atoms with Crippen molar-refractivity contribution in [3.05, 3.63) is 35.4 Å². The van der Waals surface area contributed by atoms with Gasteiger partial charge in [0.05, 0.1) is 0 Å². The van der Waals surface area contributed by atoms with Gasteiger partial charge >= 0.3 is 5.97 Å². The number of carboxylic acids is 1. The normalized spacial score (nSPS) is 15.1. The molecule has 0 bridgehead atoms. The van der Waals surface area contributed by atoms with E-state index in [1.165, 1.54) is 0 Å². The predicted molar refractivity (Wildman–Crippen MR) is 67.6 cm³/mol. The van der Waals surface area contributed by atoms with Gasteiger partial charge in [0.15, 0.2) is 5.84 Å². The van der Waals surface area contributed by atoms with Crippen molar-refractivity contribution < 1.29 is 15.1 Å². The van der Waals surface area contributed by atoms with Crippen molar-refractivity contribution in [3.63, 3.8) is 0 Å². The van der Waals surface area contributed by atoms with Crippen molar-refractivity contribution in [2.45, 2.75) is 25.9 Å². The highest BCUT2D eigenvalue weighted by Crippen LogP contribution is 2.14. The second-order valence-electron chi connectivity index (χ2n) is 4.06. The highest BCUT2D eigenvalue weighted by molar-refractivity contribution is 5.96. The summed E-state index contributed by atoms with van der Waals surface area (Å²) in [6, 6.07) is 6.32. The molecule has 18 heavy (non-hydrogen) atoms. The first-order chi connectivity index (χ1) is 8.45. The smallest absolute Gasteiger partial charge is 0.320 e. The number of carbonyl (C=O) groups is 1. The highest BCUT2D eigenvalue weighted by atomic mass is 16.4. The number of carboxylic acid groups (broad SMARTS) is 1. The van der Waals surface area contributed by atoms with Crippen molar-refractivity contribution in [1.29, 1.82) is 0 Å². The third-order valence-electron chi connectivity index (χ3n) is 2.68. The molecule has 1 aromatic carbocycles. The van der Waals surface area contributed by atoms with E-state index in [0.29, 0.717) is 5.56 Å². The molecule has 0 unspecified atom stereocenters. The number of hydrogen-bond acceptors (Lipinski definition) is 4. The Morgan fingerprint density at radius 2 is 1.89 bits per heavy atom. The van der Waals surface area contributed by atoms with Gasteiger partial charge in [-0.3, -0.25) is 10.1 Å². The van der Waals surface area contributed by atoms with E-state index in [0.717, 1.165) is 5.56 Å². The van der Waals surface area contributed by atoms with Crippen LogP contribution in [0, 0.1) is 0 Å². The van der Waals surface area contributed by atoms with Crippen molar-refractivity contribution in [2.75, 3.05) is 0 Å². The number of amidine groups is 1. The first-order valence-corrected chi connectivity index (χ1v) is 5.52. The van der Waals surface area contributed by atoms with Crippen LogP contribution in [0.4, 0.5) is 0 Å². The van der Waals surface area contributed by atoms with Crippen molar-refractivity contribution in [2.24, 2.45) is 10.9 Å². The lowest BCUT2D eigenvalue weighted by Gasteiger charge is -2.17. The summed E-state index contributed by atoms with van der Waals surface area (Å²) < 4.78 is 0. The maximum Gasteiger partial charge on any atom is 0.320 e. The molecule has 6 nitrogen and oxygen atoms in total. The van der Waals surface area contributed by atoms with Gasteiger partial charge in [-0.05, 0) is 19.4 Å². The molecule has 1 rings (SSSR count). The van der Waals surface area contributed by atoms with Crippen LogP contribution >= 0.6 is 0 Å². The first kappa shape index (κ1) is 14.0. The van der Waals surface area contributed by atoms with E-state index in [1.807, 2.05) is 6.92 Å². The van der Waals surface area contributed by atoms with Crippen LogP contribution < -0.4 is 11.1 Å². The minimum Gasteiger partial charge on any atom is -0.480 e. The van der Waals surface area contributed by atoms with E-state index in [4.69, 9.17) is 16.0 Å². The van der Waals surface area contributed by atoms with Crippen LogP contribution in [0.1, 0.15) is 31.0 Å². The van der Waals surface area contributed by atoms with Gasteiger partial charge in [0.25, 0.3) is 0 Å². The highest BCUT2D eigenvalue weighted by Gasteiger charge is 2.14. The van der Waals surface area contributed by atoms with E-state index in [2.05, 4.69) is 10.5 Å². The van der Waals surface area contributed by atoms with Gasteiger partial charge in [-0.25, -0.2) is 0 Å². The summed E-state index contributed by atoms with van der Waals surface area (Å²) in [5, 5.41) is 23.2. The molecule has 0 saturated heterocycles. The SMILES string of the molecule is C[C@H](N[C@@H](C)c1ccc(C(N)=NO)cc1)C(=O)O. The van der Waals surface area contributed by atoms with E-state index in [1.54, 1.807) is 31.2 Å². The maximum absolute atomic E-state index is 10.7. The molecule has 2 atom stereocenters. The largest absolute Gasteiger partial charge is 0.480 e. The predicted octanol–water partition coefficient (Wildman–Crippen LogP) is 0.905. The number of rotatable bonds is 5. The molecule has 0 amide bonds. The lowest BCUT2D eigenvalue weighted by molar-refractivity contribution is -0.139. The summed E-state index contributed by atoms with van der Waals surface area (Å²) in [6.07, 6.45) is 0. The van der Waals surface area contributed by atoms with Gasteiger partial charge in [-0.1, -0.05) is 29.4 Å². The number of oxime groups is 1. The van der Waals surface area contributed by atoms with Crippen LogP contribution in [0.5, 0.6) is 0 Å². The number of nitrogens with zero attached hydrogens (tertiary/aromatic N) is 1. The topological polar surface area (TPSA) is 108 Å². The van der Waals surface area contributed by atoms with Crippen LogP contribution in [0.3, 0.4) is 0 Å². The molecule has 0 fully saturated rings. The van der Waals surface area contributed by atoms with Crippen LogP contribution in [-0.4, -0.2) is 28.2 Å². The van der Waals surface area contributed by atoms with Gasteiger partial charge in [-0.15, -0.1) is 0 Å². The lowest BCUT2D eigenvalue weighted by atomic mass is 10.0. The maximum atomic E-state index is 10.7. The monoisotopic (exact) mass is 251 g/mol. The van der Waals surface area contributed by atoms with Crippen LogP contribution in [0.15, 0.2) is 29.4 Å². The number of benzene rings is 1. The Morgan fingerprint density at radius 1 is 1.33 bits per heavy atom. The summed E-state index contributed by atoms with van der Waals surface area (Å²) in [4.78, 5) is 10.7. The zero-order valence-corrected chi connectivity index (χ0v) is 10.3. The molecule has 0 aliphatic carbocycles. The van der Waals surface area contributed by atoms with Crippen LogP contribution in [0.2, 0.25) is 0 Å². The number of nitrogens with one attached hydrogen (secondary N) is 1. The lowest BCUT2D eigenvalue weighted by Crippen LogP contribution is -2.35. The summed E-state index contributed by atoms with van der Waals surface area (Å²) in [5.74, 6) is -0.851. The molecule has 5 N–H and O–H groups in total. The van der Waals surface area contributed by atoms with Crippen molar-refractivity contribution in [3.8, 4) is 0 Å². The Labute approximate surface area is 105 Å². The number of hydrogen-bond donors (Lipinski definition) is 4. The second kappa shape index (κ2) is 6.02. The Balaban J connectivity index is 2.76. The Morgan fingerprint density at radius 3 is 2.33 bits per heavy atom. The van der Waals surface area contributed by atoms with E-state index in [-0.39, 0.29) is 11.9 Å². The minimum absolute atomic E-state index is 0.0427. The molecule has 0 aromatic heterocycles. The van der Waals surface area contributed by atoms with Gasteiger partial charge in [0.2, 0.25) is 0 Å². The van der Waals surface area contributed by atoms with Crippen LogP contribution in [-0.2, 0) is 4.79 Å². The summed E-state index contributed by atoms with van der Waals surface area (Å²) >= 11 is 0. The molecule has 98 valence electrons. The molecule has 0 aliphatic heterocycles. The van der Waals surface area contributed by atoms with Gasteiger partial charge < -0.3 is 16.0 Å². The number of aliphatic carboxylic acids is 1. The van der Waals surface area contributed by atoms with Gasteiger partial charge in [0.1, 0.15) is 6.04 Å². The summed E-state index contributed by atoms with van der Waals surface area (Å²) in [5.41, 5.74) is 6.99. The molecule has 0 spiro atoms. The summed E-state index contributed by atoms with van der Waals surface area (Å²) in [7, 11) is 0. The average Bonchev–Trinajstić information content (AvgIpc) is 2.37. The first-order valence-electron chi connectivity index (χ1n) is 5.52. The Hall–Kier alpha value is -2.08. The van der Waals surface area contributed by atoms with E-state index >= 15 is 0 Å². The molecular formula is C12H17N3O3. The van der Waals surface area contributed by atoms with Crippen molar-refractivity contribution in [1.82, 2.24) is 5.32 Å². The fourth-order valence-corrected chi connectivity index (χ4v) is 1.54. The molecule has 0 radical (unpaired) electrons. The molecule has 0 aliphatic rings. The van der Waals surface area contributed by atoms with E-state index in [9.17, 15) is 4.79 Å². The van der Waals surface area contributed by atoms with Gasteiger partial charge in [-0.2, -0.15) is 0 Å². The third kappa shape index (κ3) is 3.46. The molecule has 6 heteroatoms. The van der Waals surface area contributed by atoms with Gasteiger partial charge in [0, 0.05) is 11.6 Å². The quantitative estimate of drug-likeness (QED) is 0.269. The fraction of sp³-hybridized carbons (Fsp3) is 0.333. The molecule has 1 aromatic rings. The zero-order valence-electron chi connectivity index (χ0n) is 10.3. The zero-order chi connectivity index (χ0) is 13.7. The van der Waals surface area contributed by atoms with E-state index < -0.39 is 12.0 Å².